The van der Waals surface area contributed by atoms with Gasteiger partial charge in [-0.25, -0.2) is 9.97 Å². The lowest BCUT2D eigenvalue weighted by Gasteiger charge is -2.06. The smallest absolute Gasteiger partial charge is 0.240 e. The second-order valence-corrected chi connectivity index (χ2v) is 6.78. The van der Waals surface area contributed by atoms with Gasteiger partial charge in [0.25, 0.3) is 0 Å². The number of H-pyrrole nitrogens is 2. The third-order valence-electron chi connectivity index (χ3n) is 4.31. The van der Waals surface area contributed by atoms with Crippen LogP contribution in [0.2, 0.25) is 0 Å². The predicted molar refractivity (Wildman–Crippen MR) is 104 cm³/mol. The summed E-state index contributed by atoms with van der Waals surface area (Å²) in [4.78, 5) is 15.3. The van der Waals surface area contributed by atoms with E-state index >= 15 is 0 Å². The van der Waals surface area contributed by atoms with Crippen LogP contribution in [0.1, 0.15) is 0 Å². The first kappa shape index (κ1) is 15.0. The highest BCUT2D eigenvalue weighted by atomic mass is 79.9. The Bertz CT molecular complexity index is 1270. The molecule has 0 saturated carbocycles. The van der Waals surface area contributed by atoms with Crippen molar-refractivity contribution < 1.29 is 0 Å². The number of fused-ring (bicyclic) bond motifs is 2. The zero-order chi connectivity index (χ0) is 17.7. The molecule has 0 unspecified atom stereocenters. The fourth-order valence-electron chi connectivity index (χ4n) is 3.15. The highest BCUT2D eigenvalue weighted by Gasteiger charge is 2.19. The largest absolute Gasteiger partial charge is 0.366 e. The zero-order valence-corrected chi connectivity index (χ0v) is 14.9. The van der Waals surface area contributed by atoms with Crippen LogP contribution < -0.4 is 5.73 Å². The van der Waals surface area contributed by atoms with Crippen LogP contribution in [0.3, 0.4) is 0 Å². The molecule has 0 atom stereocenters. The summed E-state index contributed by atoms with van der Waals surface area (Å²) in [6, 6.07) is 9.92. The molecular formula is C18H12BrN7. The van der Waals surface area contributed by atoms with Crippen molar-refractivity contribution in [1.29, 1.82) is 0 Å². The molecule has 0 spiro atoms. The van der Waals surface area contributed by atoms with Crippen LogP contribution in [-0.2, 0) is 0 Å². The summed E-state index contributed by atoms with van der Waals surface area (Å²) >= 11 is 3.53. The standard InChI is InChI=1S/C18H12BrN7/c19-9-3-4-14-11(6-9)13(7-22-14)16-15(24-18(20)26-25-16)12-8-23-17-10(12)2-1-5-21-17/h1-8,22H,(H,21,23)(H2,20,24,26). The maximum atomic E-state index is 5.84. The van der Waals surface area contributed by atoms with E-state index in [4.69, 9.17) is 5.73 Å². The number of halogens is 1. The molecule has 26 heavy (non-hydrogen) atoms. The molecule has 4 N–H and O–H groups in total. The molecule has 0 amide bonds. The Hall–Kier alpha value is -3.26. The predicted octanol–water partition coefficient (Wildman–Crippen LogP) is 3.91. The molecule has 5 aromatic rings. The van der Waals surface area contributed by atoms with Crippen molar-refractivity contribution in [2.24, 2.45) is 0 Å². The van der Waals surface area contributed by atoms with Crippen molar-refractivity contribution in [2.75, 3.05) is 5.73 Å². The average Bonchev–Trinajstić information content (AvgIpc) is 3.25. The number of hydrogen-bond acceptors (Lipinski definition) is 5. The summed E-state index contributed by atoms with van der Waals surface area (Å²) in [5.41, 5.74) is 10.8. The number of pyridine rings is 1. The Balaban J connectivity index is 1.82. The quantitative estimate of drug-likeness (QED) is 0.412. The molecule has 4 aromatic heterocycles. The summed E-state index contributed by atoms with van der Waals surface area (Å²) in [5, 5.41) is 10.3. The molecule has 0 bridgehead atoms. The van der Waals surface area contributed by atoms with Crippen molar-refractivity contribution >= 4 is 43.8 Å². The van der Waals surface area contributed by atoms with E-state index in [2.05, 4.69) is 46.1 Å². The van der Waals surface area contributed by atoms with Gasteiger partial charge < -0.3 is 15.7 Å². The molecule has 0 fully saturated rings. The van der Waals surface area contributed by atoms with Crippen molar-refractivity contribution in [3.63, 3.8) is 0 Å². The van der Waals surface area contributed by atoms with Gasteiger partial charge in [-0.2, -0.15) is 0 Å². The van der Waals surface area contributed by atoms with Gasteiger partial charge in [0.1, 0.15) is 17.0 Å². The van der Waals surface area contributed by atoms with Crippen molar-refractivity contribution in [2.45, 2.75) is 0 Å². The Morgan fingerprint density at radius 1 is 0.923 bits per heavy atom. The number of nitrogens with one attached hydrogen (secondary N) is 2. The molecule has 0 radical (unpaired) electrons. The minimum atomic E-state index is 0.128. The number of rotatable bonds is 2. The van der Waals surface area contributed by atoms with Crippen molar-refractivity contribution in [3.05, 3.63) is 53.4 Å². The summed E-state index contributed by atoms with van der Waals surface area (Å²) in [6.07, 6.45) is 5.53. The van der Waals surface area contributed by atoms with E-state index in [1.807, 2.05) is 42.7 Å². The van der Waals surface area contributed by atoms with E-state index < -0.39 is 0 Å². The van der Waals surface area contributed by atoms with Gasteiger partial charge in [-0.15, -0.1) is 10.2 Å². The van der Waals surface area contributed by atoms with Gasteiger partial charge in [-0.1, -0.05) is 15.9 Å². The topological polar surface area (TPSA) is 109 Å². The van der Waals surface area contributed by atoms with E-state index in [0.29, 0.717) is 11.4 Å². The Kier molecular flexibility index (Phi) is 3.26. The fourth-order valence-corrected chi connectivity index (χ4v) is 3.51. The first-order valence-electron chi connectivity index (χ1n) is 7.90. The first-order valence-corrected chi connectivity index (χ1v) is 8.69. The molecule has 1 aromatic carbocycles. The number of aromatic nitrogens is 6. The minimum absolute atomic E-state index is 0.128. The summed E-state index contributed by atoms with van der Waals surface area (Å²) in [7, 11) is 0. The average molecular weight is 406 g/mol. The van der Waals surface area contributed by atoms with Gasteiger partial charge >= 0.3 is 0 Å². The number of benzene rings is 1. The molecule has 4 heterocycles. The van der Waals surface area contributed by atoms with Crippen LogP contribution >= 0.6 is 15.9 Å². The SMILES string of the molecule is Nc1nnc(-c2c[nH]c3ccc(Br)cc23)c(-c2c[nH]c3ncccc23)n1. The fraction of sp³-hybridized carbons (Fsp3) is 0. The molecule has 8 heteroatoms. The monoisotopic (exact) mass is 405 g/mol. The summed E-state index contributed by atoms with van der Waals surface area (Å²) in [5.74, 6) is 0.128. The molecule has 5 rings (SSSR count). The highest BCUT2D eigenvalue weighted by molar-refractivity contribution is 9.10. The molecule has 7 nitrogen and oxygen atoms in total. The molecule has 126 valence electrons. The van der Waals surface area contributed by atoms with Gasteiger partial charge in [0.05, 0.1) is 0 Å². The molecule has 0 aliphatic heterocycles. The first-order chi connectivity index (χ1) is 12.7. The second-order valence-electron chi connectivity index (χ2n) is 5.86. The van der Waals surface area contributed by atoms with E-state index in [0.717, 1.165) is 37.5 Å². The summed E-state index contributed by atoms with van der Waals surface area (Å²) < 4.78 is 0.986. The summed E-state index contributed by atoms with van der Waals surface area (Å²) in [6.45, 7) is 0. The van der Waals surface area contributed by atoms with Gasteiger partial charge in [-0.3, -0.25) is 0 Å². The van der Waals surface area contributed by atoms with Crippen LogP contribution in [-0.4, -0.2) is 30.1 Å². The lowest BCUT2D eigenvalue weighted by molar-refractivity contribution is 0.999. The van der Waals surface area contributed by atoms with E-state index in [1.54, 1.807) is 6.20 Å². The molecule has 0 aliphatic carbocycles. The van der Waals surface area contributed by atoms with Crippen molar-refractivity contribution in [1.82, 2.24) is 30.1 Å². The highest BCUT2D eigenvalue weighted by Crippen LogP contribution is 2.36. The van der Waals surface area contributed by atoms with Gasteiger partial charge in [-0.05, 0) is 30.3 Å². The van der Waals surface area contributed by atoms with Crippen LogP contribution in [0.4, 0.5) is 5.95 Å². The van der Waals surface area contributed by atoms with E-state index in [9.17, 15) is 0 Å². The van der Waals surface area contributed by atoms with Crippen LogP contribution in [0.25, 0.3) is 44.5 Å². The van der Waals surface area contributed by atoms with E-state index in [-0.39, 0.29) is 5.95 Å². The maximum Gasteiger partial charge on any atom is 0.240 e. The Morgan fingerprint density at radius 3 is 2.69 bits per heavy atom. The van der Waals surface area contributed by atoms with Crippen LogP contribution in [0.15, 0.2) is 53.4 Å². The Labute approximate surface area is 155 Å². The molecule has 0 aliphatic rings. The number of nitrogens with zero attached hydrogens (tertiary/aromatic N) is 4. The lowest BCUT2D eigenvalue weighted by atomic mass is 10.0. The van der Waals surface area contributed by atoms with Crippen LogP contribution in [0.5, 0.6) is 0 Å². The van der Waals surface area contributed by atoms with Crippen molar-refractivity contribution in [3.8, 4) is 22.5 Å². The van der Waals surface area contributed by atoms with Crippen LogP contribution in [0, 0.1) is 0 Å². The van der Waals surface area contributed by atoms with Gasteiger partial charge in [0.2, 0.25) is 5.95 Å². The normalized spacial score (nSPS) is 11.4. The number of nitrogen functional groups attached to an aromatic ring is 1. The third-order valence-corrected chi connectivity index (χ3v) is 4.80. The molecular weight excluding hydrogens is 394 g/mol. The molecule has 0 saturated heterocycles. The Morgan fingerprint density at radius 2 is 1.77 bits per heavy atom. The minimum Gasteiger partial charge on any atom is -0.366 e. The number of hydrogen-bond donors (Lipinski definition) is 3. The number of aromatic amines is 2. The third kappa shape index (κ3) is 2.26. The number of nitrogens with two attached hydrogens (primary N) is 1. The second kappa shape index (κ2) is 5.63. The lowest BCUT2D eigenvalue weighted by Crippen LogP contribution is -2.02. The van der Waals surface area contributed by atoms with E-state index in [1.165, 1.54) is 0 Å². The zero-order valence-electron chi connectivity index (χ0n) is 13.4. The van der Waals surface area contributed by atoms with Gasteiger partial charge in [0, 0.05) is 50.5 Å². The maximum absolute atomic E-state index is 5.84. The number of anilines is 1. The van der Waals surface area contributed by atoms with Gasteiger partial charge in [0.15, 0.2) is 0 Å².